The lowest BCUT2D eigenvalue weighted by Crippen LogP contribution is -2.08. The summed E-state index contributed by atoms with van der Waals surface area (Å²) >= 11 is 0. The minimum absolute atomic E-state index is 0.461. The van der Waals surface area contributed by atoms with Crippen molar-refractivity contribution in [2.24, 2.45) is 0 Å². The summed E-state index contributed by atoms with van der Waals surface area (Å²) in [6.45, 7) is 3.90. The zero-order valence-electron chi connectivity index (χ0n) is 11.8. The smallest absolute Gasteiger partial charge is 0.154 e. The molecule has 2 aromatic rings. The monoisotopic (exact) mass is 272 g/mol. The van der Waals surface area contributed by atoms with Crippen molar-refractivity contribution in [2.45, 2.75) is 19.8 Å². The van der Waals surface area contributed by atoms with Gasteiger partial charge < -0.3 is 9.47 Å². The van der Waals surface area contributed by atoms with Crippen molar-refractivity contribution >= 4 is 17.1 Å². The van der Waals surface area contributed by atoms with Crippen molar-refractivity contribution < 1.29 is 14.3 Å². The summed E-state index contributed by atoms with van der Waals surface area (Å²) in [4.78, 5) is 11.3. The third-order valence-corrected chi connectivity index (χ3v) is 3.18. The molecule has 106 valence electrons. The van der Waals surface area contributed by atoms with Gasteiger partial charge in [0.2, 0.25) is 0 Å². The third-order valence-electron chi connectivity index (χ3n) is 3.18. The van der Waals surface area contributed by atoms with E-state index in [1.165, 1.54) is 0 Å². The van der Waals surface area contributed by atoms with E-state index in [1.54, 1.807) is 0 Å². The molecule has 0 bridgehead atoms. The van der Waals surface area contributed by atoms with E-state index >= 15 is 0 Å². The maximum atomic E-state index is 11.3. The number of benzene rings is 2. The number of ether oxygens (including phenoxy) is 2. The van der Waals surface area contributed by atoms with Crippen LogP contribution in [0.2, 0.25) is 0 Å². The van der Waals surface area contributed by atoms with Gasteiger partial charge in [0.15, 0.2) is 6.29 Å². The van der Waals surface area contributed by atoms with Crippen LogP contribution in [0.4, 0.5) is 0 Å². The first-order chi connectivity index (χ1) is 9.86. The minimum Gasteiger partial charge on any atom is -0.490 e. The predicted molar refractivity (Wildman–Crippen MR) is 80.6 cm³/mol. The van der Waals surface area contributed by atoms with E-state index in [9.17, 15) is 4.79 Å². The average Bonchev–Trinajstić information content (AvgIpc) is 2.50. The maximum absolute atomic E-state index is 11.3. The molecule has 0 saturated carbocycles. The molecule has 2 aromatic carbocycles. The molecular formula is C17H20O3. The van der Waals surface area contributed by atoms with Gasteiger partial charge in [0.1, 0.15) is 12.4 Å². The number of hydrogen-bond acceptors (Lipinski definition) is 3. The van der Waals surface area contributed by atoms with Gasteiger partial charge in [-0.2, -0.15) is 0 Å². The van der Waals surface area contributed by atoms with Crippen LogP contribution >= 0.6 is 0 Å². The van der Waals surface area contributed by atoms with E-state index in [0.717, 1.165) is 36.5 Å². The Labute approximate surface area is 119 Å². The molecule has 0 aromatic heterocycles. The van der Waals surface area contributed by atoms with Crippen LogP contribution in [0.1, 0.15) is 30.1 Å². The molecule has 0 fully saturated rings. The van der Waals surface area contributed by atoms with Gasteiger partial charge in [-0.25, -0.2) is 0 Å². The van der Waals surface area contributed by atoms with Crippen molar-refractivity contribution in [3.63, 3.8) is 0 Å². The van der Waals surface area contributed by atoms with E-state index < -0.39 is 0 Å². The molecule has 0 saturated heterocycles. The fourth-order valence-electron chi connectivity index (χ4n) is 2.08. The first-order valence-electron chi connectivity index (χ1n) is 7.04. The number of carbonyl (C=O) groups excluding carboxylic acids is 1. The number of aldehydes is 1. The highest BCUT2D eigenvalue weighted by Crippen LogP contribution is 2.26. The highest BCUT2D eigenvalue weighted by atomic mass is 16.5. The van der Waals surface area contributed by atoms with Crippen molar-refractivity contribution in [3.05, 3.63) is 42.0 Å². The fourth-order valence-corrected chi connectivity index (χ4v) is 2.08. The highest BCUT2D eigenvalue weighted by molar-refractivity contribution is 6.00. The van der Waals surface area contributed by atoms with Crippen LogP contribution in [-0.4, -0.2) is 26.1 Å². The fraction of sp³-hybridized carbons (Fsp3) is 0.353. The lowest BCUT2D eigenvalue weighted by atomic mass is 10.0. The molecule has 2 rings (SSSR count). The molecule has 0 aliphatic carbocycles. The number of rotatable bonds is 8. The normalized spacial score (nSPS) is 10.7. The van der Waals surface area contributed by atoms with Gasteiger partial charge >= 0.3 is 0 Å². The Morgan fingerprint density at radius 3 is 2.70 bits per heavy atom. The first-order valence-corrected chi connectivity index (χ1v) is 7.04. The molecule has 0 atom stereocenters. The topological polar surface area (TPSA) is 35.5 Å². The standard InChI is InChI=1S/C17H20O3/c1-2-3-10-19-11-12-20-17-9-8-14-6-4-5-7-15(14)16(17)13-18/h4-9,13H,2-3,10-12H2,1H3. The summed E-state index contributed by atoms with van der Waals surface area (Å²) in [5, 5.41) is 1.97. The molecule has 0 unspecified atom stereocenters. The van der Waals surface area contributed by atoms with Crippen LogP contribution in [-0.2, 0) is 4.74 Å². The van der Waals surface area contributed by atoms with Crippen molar-refractivity contribution in [1.29, 1.82) is 0 Å². The summed E-state index contributed by atoms with van der Waals surface area (Å²) in [6, 6.07) is 11.6. The van der Waals surface area contributed by atoms with Crippen molar-refractivity contribution in [3.8, 4) is 5.75 Å². The number of unbranched alkanes of at least 4 members (excludes halogenated alkanes) is 1. The summed E-state index contributed by atoms with van der Waals surface area (Å²) in [6.07, 6.45) is 3.05. The lowest BCUT2D eigenvalue weighted by molar-refractivity contribution is 0.0970. The Balaban J connectivity index is 2.01. The van der Waals surface area contributed by atoms with Gasteiger partial charge in [0.25, 0.3) is 0 Å². The van der Waals surface area contributed by atoms with Crippen LogP contribution in [0.25, 0.3) is 10.8 Å². The summed E-state index contributed by atoms with van der Waals surface area (Å²) in [5.74, 6) is 0.623. The summed E-state index contributed by atoms with van der Waals surface area (Å²) in [5.41, 5.74) is 0.608. The Hall–Kier alpha value is -1.87. The van der Waals surface area contributed by atoms with E-state index in [2.05, 4.69) is 6.92 Å². The average molecular weight is 272 g/mol. The summed E-state index contributed by atoms with van der Waals surface area (Å²) < 4.78 is 11.1. The minimum atomic E-state index is 0.461. The largest absolute Gasteiger partial charge is 0.490 e. The molecule has 0 heterocycles. The van der Waals surface area contributed by atoms with Crippen molar-refractivity contribution in [2.75, 3.05) is 19.8 Å². The van der Waals surface area contributed by atoms with Gasteiger partial charge in [-0.15, -0.1) is 0 Å². The molecule has 0 aliphatic heterocycles. The van der Waals surface area contributed by atoms with Gasteiger partial charge in [-0.3, -0.25) is 4.79 Å². The molecule has 3 heteroatoms. The summed E-state index contributed by atoms with van der Waals surface area (Å²) in [7, 11) is 0. The quantitative estimate of drug-likeness (QED) is 0.541. The highest BCUT2D eigenvalue weighted by Gasteiger charge is 2.07. The number of fused-ring (bicyclic) bond motifs is 1. The van der Waals surface area contributed by atoms with Gasteiger partial charge in [0, 0.05) is 6.61 Å². The number of hydrogen-bond donors (Lipinski definition) is 0. The zero-order chi connectivity index (χ0) is 14.2. The molecular weight excluding hydrogens is 252 g/mol. The van der Waals surface area contributed by atoms with Gasteiger partial charge in [-0.05, 0) is 23.3 Å². The first kappa shape index (κ1) is 14.5. The molecule has 0 radical (unpaired) electrons. The second-order valence-electron chi connectivity index (χ2n) is 4.63. The second-order valence-corrected chi connectivity index (χ2v) is 4.63. The van der Waals surface area contributed by atoms with Crippen LogP contribution in [0.15, 0.2) is 36.4 Å². The Kier molecular flexibility index (Phi) is 5.56. The Morgan fingerprint density at radius 2 is 1.90 bits per heavy atom. The SMILES string of the molecule is CCCCOCCOc1ccc2ccccc2c1C=O. The molecule has 20 heavy (non-hydrogen) atoms. The van der Waals surface area contributed by atoms with Crippen LogP contribution in [0.5, 0.6) is 5.75 Å². The van der Waals surface area contributed by atoms with Crippen molar-refractivity contribution in [1.82, 2.24) is 0 Å². The molecule has 0 amide bonds. The Morgan fingerprint density at radius 1 is 1.05 bits per heavy atom. The zero-order valence-corrected chi connectivity index (χ0v) is 11.8. The van der Waals surface area contributed by atoms with E-state index in [4.69, 9.17) is 9.47 Å². The van der Waals surface area contributed by atoms with Crippen LogP contribution < -0.4 is 4.74 Å². The molecule has 3 nitrogen and oxygen atoms in total. The van der Waals surface area contributed by atoms with Crippen LogP contribution in [0, 0.1) is 0 Å². The van der Waals surface area contributed by atoms with Gasteiger partial charge in [0.05, 0.1) is 12.2 Å². The molecule has 0 spiro atoms. The van der Waals surface area contributed by atoms with Crippen LogP contribution in [0.3, 0.4) is 0 Å². The maximum Gasteiger partial charge on any atom is 0.154 e. The van der Waals surface area contributed by atoms with Gasteiger partial charge in [-0.1, -0.05) is 43.7 Å². The lowest BCUT2D eigenvalue weighted by Gasteiger charge is -2.11. The Bertz CT molecular complexity index is 563. The van der Waals surface area contributed by atoms with E-state index in [-0.39, 0.29) is 0 Å². The number of carbonyl (C=O) groups is 1. The third kappa shape index (κ3) is 3.58. The molecule has 0 aliphatic rings. The molecule has 0 N–H and O–H groups in total. The van der Waals surface area contributed by atoms with E-state index in [1.807, 2.05) is 36.4 Å². The second kappa shape index (κ2) is 7.65. The predicted octanol–water partition coefficient (Wildman–Crippen LogP) is 3.85. The van der Waals surface area contributed by atoms with E-state index in [0.29, 0.717) is 24.5 Å².